The maximum atomic E-state index is 13.5. The average molecular weight is 385 g/mol. The number of rotatable bonds is 4. The number of halogens is 3. The number of ether oxygens (including phenoxy) is 1. The molecule has 0 saturated heterocycles. The number of hydrogen-bond donors (Lipinski definition) is 2. The molecule has 23 heavy (non-hydrogen) atoms. The summed E-state index contributed by atoms with van der Waals surface area (Å²) in [5.41, 5.74) is -0.0716. The smallest absolute Gasteiger partial charge is 0.326 e. The van der Waals surface area contributed by atoms with Gasteiger partial charge in [-0.25, -0.2) is 13.6 Å². The Bertz CT molecular complexity index is 740. The van der Waals surface area contributed by atoms with Gasteiger partial charge in [-0.3, -0.25) is 10.1 Å². The van der Waals surface area contributed by atoms with Crippen molar-refractivity contribution in [3.05, 3.63) is 58.6 Å². The van der Waals surface area contributed by atoms with Crippen LogP contribution in [0.2, 0.25) is 0 Å². The highest BCUT2D eigenvalue weighted by Crippen LogP contribution is 2.21. The topological polar surface area (TPSA) is 67.4 Å². The lowest BCUT2D eigenvalue weighted by molar-refractivity contribution is -0.121. The Hall–Kier alpha value is -2.48. The van der Waals surface area contributed by atoms with Crippen molar-refractivity contribution in [1.29, 1.82) is 0 Å². The van der Waals surface area contributed by atoms with Crippen molar-refractivity contribution in [3.8, 4) is 5.75 Å². The summed E-state index contributed by atoms with van der Waals surface area (Å²) in [6, 6.07) is 8.64. The zero-order valence-corrected chi connectivity index (χ0v) is 13.2. The maximum absolute atomic E-state index is 13.5. The summed E-state index contributed by atoms with van der Waals surface area (Å²) >= 11 is 3.09. The largest absolute Gasteiger partial charge is 0.481 e. The molecule has 3 amide bonds. The second-order valence-electron chi connectivity index (χ2n) is 4.35. The molecule has 0 heterocycles. The first kappa shape index (κ1) is 16.9. The SMILES string of the molecule is O=C(COc1ccc(Br)cc1F)NC(=O)Nc1ccccc1F. The summed E-state index contributed by atoms with van der Waals surface area (Å²) in [6.07, 6.45) is 0. The van der Waals surface area contributed by atoms with Crippen LogP contribution in [0.25, 0.3) is 0 Å². The third kappa shape index (κ3) is 5.03. The number of amides is 3. The number of hydrogen-bond acceptors (Lipinski definition) is 3. The highest BCUT2D eigenvalue weighted by atomic mass is 79.9. The average Bonchev–Trinajstić information content (AvgIpc) is 2.48. The Morgan fingerprint density at radius 1 is 1.09 bits per heavy atom. The zero-order valence-electron chi connectivity index (χ0n) is 11.6. The Balaban J connectivity index is 1.85. The summed E-state index contributed by atoms with van der Waals surface area (Å²) in [7, 11) is 0. The molecule has 0 bridgehead atoms. The highest BCUT2D eigenvalue weighted by molar-refractivity contribution is 9.10. The maximum Gasteiger partial charge on any atom is 0.326 e. The second kappa shape index (κ2) is 7.68. The molecule has 8 heteroatoms. The van der Waals surface area contributed by atoms with Gasteiger partial charge < -0.3 is 10.1 Å². The van der Waals surface area contributed by atoms with Crippen molar-refractivity contribution >= 4 is 33.6 Å². The number of anilines is 1. The molecule has 0 aromatic heterocycles. The second-order valence-corrected chi connectivity index (χ2v) is 5.26. The third-order valence-corrected chi connectivity index (χ3v) is 3.12. The minimum Gasteiger partial charge on any atom is -0.481 e. The van der Waals surface area contributed by atoms with E-state index in [0.29, 0.717) is 4.47 Å². The fraction of sp³-hybridized carbons (Fsp3) is 0.0667. The van der Waals surface area contributed by atoms with E-state index in [4.69, 9.17) is 4.74 Å². The van der Waals surface area contributed by atoms with Crippen LogP contribution in [0.5, 0.6) is 5.75 Å². The van der Waals surface area contributed by atoms with Gasteiger partial charge in [0.1, 0.15) is 5.82 Å². The predicted molar refractivity (Wildman–Crippen MR) is 83.2 cm³/mol. The zero-order chi connectivity index (χ0) is 16.8. The number of para-hydroxylation sites is 1. The minimum absolute atomic E-state index is 0.0716. The fourth-order valence-electron chi connectivity index (χ4n) is 1.61. The van der Waals surface area contributed by atoms with E-state index < -0.39 is 30.2 Å². The molecule has 2 N–H and O–H groups in total. The van der Waals surface area contributed by atoms with Crippen LogP contribution in [0, 0.1) is 11.6 Å². The summed E-state index contributed by atoms with van der Waals surface area (Å²) in [5.74, 6) is -2.22. The van der Waals surface area contributed by atoms with Crippen molar-refractivity contribution in [1.82, 2.24) is 5.32 Å². The fourth-order valence-corrected chi connectivity index (χ4v) is 1.95. The minimum atomic E-state index is -0.917. The Labute approximate surface area is 138 Å². The number of nitrogens with one attached hydrogen (secondary N) is 2. The van der Waals surface area contributed by atoms with Gasteiger partial charge in [0.05, 0.1) is 5.69 Å². The van der Waals surface area contributed by atoms with E-state index in [1.165, 1.54) is 30.3 Å². The van der Waals surface area contributed by atoms with Gasteiger partial charge in [0.15, 0.2) is 18.2 Å². The molecular weight excluding hydrogens is 374 g/mol. The quantitative estimate of drug-likeness (QED) is 0.847. The third-order valence-electron chi connectivity index (χ3n) is 2.63. The molecule has 0 aliphatic carbocycles. The van der Waals surface area contributed by atoms with E-state index in [0.717, 1.165) is 6.07 Å². The Morgan fingerprint density at radius 3 is 2.52 bits per heavy atom. The van der Waals surface area contributed by atoms with Crippen LogP contribution in [0.3, 0.4) is 0 Å². The molecule has 120 valence electrons. The summed E-state index contributed by atoms with van der Waals surface area (Å²) in [5, 5.41) is 4.12. The van der Waals surface area contributed by atoms with Crippen molar-refractivity contribution < 1.29 is 23.1 Å². The number of carbonyl (C=O) groups excluding carboxylic acids is 2. The van der Waals surface area contributed by atoms with Crippen LogP contribution in [-0.4, -0.2) is 18.5 Å². The molecule has 0 unspecified atom stereocenters. The first-order valence-electron chi connectivity index (χ1n) is 6.39. The van der Waals surface area contributed by atoms with Crippen LogP contribution >= 0.6 is 15.9 Å². The van der Waals surface area contributed by atoms with Crippen molar-refractivity contribution in [3.63, 3.8) is 0 Å². The van der Waals surface area contributed by atoms with Gasteiger partial charge in [-0.15, -0.1) is 0 Å². The van der Waals surface area contributed by atoms with Crippen molar-refractivity contribution in [2.24, 2.45) is 0 Å². The first-order valence-corrected chi connectivity index (χ1v) is 7.18. The molecule has 0 saturated carbocycles. The monoisotopic (exact) mass is 384 g/mol. The van der Waals surface area contributed by atoms with Crippen LogP contribution < -0.4 is 15.4 Å². The lowest BCUT2D eigenvalue weighted by atomic mass is 10.3. The first-order chi connectivity index (χ1) is 11.0. The van der Waals surface area contributed by atoms with Gasteiger partial charge in [-0.2, -0.15) is 0 Å². The molecule has 5 nitrogen and oxygen atoms in total. The van der Waals surface area contributed by atoms with Crippen LogP contribution in [0.4, 0.5) is 19.3 Å². The predicted octanol–water partition coefficient (Wildman–Crippen LogP) is 3.45. The van der Waals surface area contributed by atoms with E-state index in [2.05, 4.69) is 21.2 Å². The van der Waals surface area contributed by atoms with E-state index in [-0.39, 0.29) is 11.4 Å². The lowest BCUT2D eigenvalue weighted by Gasteiger charge is -2.09. The van der Waals surface area contributed by atoms with Crippen LogP contribution in [-0.2, 0) is 4.79 Å². The van der Waals surface area contributed by atoms with Gasteiger partial charge in [0.25, 0.3) is 5.91 Å². The highest BCUT2D eigenvalue weighted by Gasteiger charge is 2.12. The lowest BCUT2D eigenvalue weighted by Crippen LogP contribution is -2.37. The molecule has 2 rings (SSSR count). The van der Waals surface area contributed by atoms with Crippen molar-refractivity contribution in [2.45, 2.75) is 0 Å². The van der Waals surface area contributed by atoms with Gasteiger partial charge in [0, 0.05) is 4.47 Å². The molecular formula is C15H11BrF2N2O3. The molecule has 0 aliphatic rings. The Kier molecular flexibility index (Phi) is 5.64. The normalized spacial score (nSPS) is 10.0. The number of urea groups is 1. The van der Waals surface area contributed by atoms with Gasteiger partial charge in [0.2, 0.25) is 0 Å². The molecule has 0 atom stereocenters. The number of benzene rings is 2. The number of carbonyl (C=O) groups is 2. The molecule has 0 aliphatic heterocycles. The van der Waals surface area contributed by atoms with Crippen LogP contribution in [0.1, 0.15) is 0 Å². The molecule has 0 spiro atoms. The van der Waals surface area contributed by atoms with Crippen molar-refractivity contribution in [2.75, 3.05) is 11.9 Å². The summed E-state index contributed by atoms with van der Waals surface area (Å²) in [4.78, 5) is 23.1. The molecule has 0 radical (unpaired) electrons. The van der Waals surface area contributed by atoms with Gasteiger partial charge in [-0.05, 0) is 30.3 Å². The van der Waals surface area contributed by atoms with E-state index in [9.17, 15) is 18.4 Å². The van der Waals surface area contributed by atoms with E-state index in [1.807, 2.05) is 5.32 Å². The molecule has 2 aromatic rings. The van der Waals surface area contributed by atoms with Gasteiger partial charge in [-0.1, -0.05) is 28.1 Å². The number of imide groups is 1. The Morgan fingerprint density at radius 2 is 1.83 bits per heavy atom. The van der Waals surface area contributed by atoms with E-state index >= 15 is 0 Å². The summed E-state index contributed by atoms with van der Waals surface area (Å²) < 4.78 is 32.3. The van der Waals surface area contributed by atoms with Gasteiger partial charge >= 0.3 is 6.03 Å². The van der Waals surface area contributed by atoms with Crippen LogP contribution in [0.15, 0.2) is 46.9 Å². The molecule has 2 aromatic carbocycles. The summed E-state index contributed by atoms with van der Waals surface area (Å²) in [6.45, 7) is -0.566. The van der Waals surface area contributed by atoms with E-state index in [1.54, 1.807) is 6.07 Å². The standard InChI is InChI=1S/C15H11BrF2N2O3/c16-9-5-6-13(11(18)7-9)23-8-14(21)20-15(22)19-12-4-2-1-3-10(12)17/h1-7H,8H2,(H2,19,20,21,22). The molecule has 0 fully saturated rings.